The van der Waals surface area contributed by atoms with Crippen molar-refractivity contribution in [2.24, 2.45) is 0 Å². The van der Waals surface area contributed by atoms with Crippen molar-refractivity contribution < 1.29 is 52.7 Å². The quantitative estimate of drug-likeness (QED) is 0.192. The second-order valence-corrected chi connectivity index (χ2v) is 10.4. The van der Waals surface area contributed by atoms with Crippen LogP contribution in [0.5, 0.6) is 0 Å². The van der Waals surface area contributed by atoms with Gasteiger partial charge in [0.15, 0.2) is 0 Å². The molecule has 0 radical (unpaired) electrons. The normalized spacial score (nSPS) is 13.0. The van der Waals surface area contributed by atoms with Crippen LogP contribution in [0.3, 0.4) is 0 Å². The van der Waals surface area contributed by atoms with Crippen LogP contribution in [0.4, 0.5) is 52.7 Å². The lowest BCUT2D eigenvalue weighted by Gasteiger charge is -2.21. The summed E-state index contributed by atoms with van der Waals surface area (Å²) in [6, 6.07) is 11.8. The maximum absolute atomic E-state index is 13.5. The van der Waals surface area contributed by atoms with E-state index in [1.165, 1.54) is 12.1 Å². The molecule has 0 atom stereocenters. The van der Waals surface area contributed by atoms with Gasteiger partial charge in [-0.15, -0.1) is 0 Å². The van der Waals surface area contributed by atoms with Crippen LogP contribution in [0.1, 0.15) is 55.6 Å². The molecule has 0 heterocycles. The van der Waals surface area contributed by atoms with Crippen LogP contribution in [-0.2, 0) is 37.5 Å². The molecular formula is C32H22F12. The van der Waals surface area contributed by atoms with Gasteiger partial charge in [-0.05, 0) is 108 Å². The van der Waals surface area contributed by atoms with E-state index in [9.17, 15) is 52.7 Å². The molecule has 0 fully saturated rings. The highest BCUT2D eigenvalue weighted by Crippen LogP contribution is 2.41. The monoisotopic (exact) mass is 634 g/mol. The van der Waals surface area contributed by atoms with Gasteiger partial charge in [-0.25, -0.2) is 0 Å². The molecular weight excluding hydrogens is 612 g/mol. The van der Waals surface area contributed by atoms with Gasteiger partial charge in [0.2, 0.25) is 0 Å². The summed E-state index contributed by atoms with van der Waals surface area (Å²) in [5, 5.41) is 0. The highest BCUT2D eigenvalue weighted by Gasteiger charge is 2.38. The van der Waals surface area contributed by atoms with Crippen molar-refractivity contribution in [1.29, 1.82) is 0 Å². The fourth-order valence-corrected chi connectivity index (χ4v) is 5.15. The first-order valence-corrected chi connectivity index (χ1v) is 12.9. The first-order chi connectivity index (χ1) is 20.1. The summed E-state index contributed by atoms with van der Waals surface area (Å²) in [7, 11) is 0. The molecule has 0 nitrogen and oxygen atoms in total. The molecule has 0 spiro atoms. The zero-order valence-electron chi connectivity index (χ0n) is 22.9. The third-order valence-electron chi connectivity index (χ3n) is 7.05. The Morgan fingerprint density at radius 2 is 0.682 bits per heavy atom. The Kier molecular flexibility index (Phi) is 8.62. The SMILES string of the molecule is Cc1cccc(Cc2cc(C(F)(F)F)cc(C(F)(F)F)c2)c1-c1c(C)cccc1Cc1cc(C(F)(F)F)cc(C(F)(F)F)c1. The molecule has 0 saturated carbocycles. The molecule has 4 aromatic rings. The molecule has 0 amide bonds. The van der Waals surface area contributed by atoms with Gasteiger partial charge in [0.1, 0.15) is 0 Å². The third-order valence-corrected chi connectivity index (χ3v) is 7.05. The predicted octanol–water partition coefficient (Wildman–Crippen LogP) is 11.2. The van der Waals surface area contributed by atoms with Gasteiger partial charge in [-0.2, -0.15) is 52.7 Å². The molecule has 4 rings (SSSR count). The van der Waals surface area contributed by atoms with E-state index < -0.39 is 47.0 Å². The van der Waals surface area contributed by atoms with Crippen LogP contribution >= 0.6 is 0 Å². The van der Waals surface area contributed by atoms with Gasteiger partial charge in [0, 0.05) is 0 Å². The van der Waals surface area contributed by atoms with Gasteiger partial charge in [-0.1, -0.05) is 36.4 Å². The van der Waals surface area contributed by atoms with Gasteiger partial charge in [0.05, 0.1) is 22.3 Å². The average molecular weight is 635 g/mol. The van der Waals surface area contributed by atoms with Crippen molar-refractivity contribution in [2.45, 2.75) is 51.4 Å². The minimum absolute atomic E-state index is 0.0182. The fourth-order valence-electron chi connectivity index (χ4n) is 5.15. The van der Waals surface area contributed by atoms with E-state index in [1.54, 1.807) is 38.1 Å². The molecule has 0 N–H and O–H groups in total. The first kappa shape index (κ1) is 32.9. The molecule has 0 aliphatic heterocycles. The van der Waals surface area contributed by atoms with Crippen LogP contribution in [0.2, 0.25) is 0 Å². The third kappa shape index (κ3) is 7.39. The molecule has 0 saturated heterocycles. The Morgan fingerprint density at radius 1 is 0.409 bits per heavy atom. The summed E-state index contributed by atoms with van der Waals surface area (Å²) in [5.41, 5.74) is -4.02. The number of aryl methyl sites for hydroxylation is 2. The Morgan fingerprint density at radius 3 is 0.932 bits per heavy atom. The summed E-state index contributed by atoms with van der Waals surface area (Å²) >= 11 is 0. The van der Waals surface area contributed by atoms with E-state index in [-0.39, 0.29) is 36.1 Å². The lowest BCUT2D eigenvalue weighted by Crippen LogP contribution is -2.12. The summed E-state index contributed by atoms with van der Waals surface area (Å²) in [6.07, 6.45) is -21.0. The Balaban J connectivity index is 1.88. The van der Waals surface area contributed by atoms with Crippen LogP contribution in [0.25, 0.3) is 11.1 Å². The van der Waals surface area contributed by atoms with Crippen molar-refractivity contribution in [3.05, 3.63) is 128 Å². The average Bonchev–Trinajstić information content (AvgIpc) is 2.87. The zero-order valence-corrected chi connectivity index (χ0v) is 22.9. The number of benzene rings is 4. The van der Waals surface area contributed by atoms with Crippen molar-refractivity contribution in [2.75, 3.05) is 0 Å². The number of halogens is 12. The van der Waals surface area contributed by atoms with Gasteiger partial charge in [0.25, 0.3) is 0 Å². The molecule has 0 unspecified atom stereocenters. The zero-order chi connectivity index (χ0) is 32.8. The maximum atomic E-state index is 13.5. The second kappa shape index (κ2) is 11.5. The predicted molar refractivity (Wildman–Crippen MR) is 140 cm³/mol. The van der Waals surface area contributed by atoms with E-state index in [2.05, 4.69) is 0 Å². The highest BCUT2D eigenvalue weighted by atomic mass is 19.4. The molecule has 0 bridgehead atoms. The smallest absolute Gasteiger partial charge is 0.166 e. The standard InChI is InChI=1S/C32H22F12/c1-17-5-3-7-21(9-19-11-23(29(33,34)35)15-24(12-19)30(36,37)38)27(17)28-18(2)6-4-8-22(28)10-20-13-25(31(39,40)41)16-26(14-20)32(42,43)44/h3-8,11-16H,9-10H2,1-2H3. The summed E-state index contributed by atoms with van der Waals surface area (Å²) in [6.45, 7) is 3.27. The lowest BCUT2D eigenvalue weighted by atomic mass is 9.84. The van der Waals surface area contributed by atoms with Crippen LogP contribution < -0.4 is 0 Å². The van der Waals surface area contributed by atoms with Crippen molar-refractivity contribution in [3.8, 4) is 11.1 Å². The van der Waals surface area contributed by atoms with E-state index in [1.807, 2.05) is 0 Å². The van der Waals surface area contributed by atoms with Crippen molar-refractivity contribution in [1.82, 2.24) is 0 Å². The number of hydrogen-bond acceptors (Lipinski definition) is 0. The van der Waals surface area contributed by atoms with Crippen molar-refractivity contribution in [3.63, 3.8) is 0 Å². The fraction of sp³-hybridized carbons (Fsp3) is 0.250. The van der Waals surface area contributed by atoms with Crippen molar-refractivity contribution >= 4 is 0 Å². The summed E-state index contributed by atoms with van der Waals surface area (Å²) in [4.78, 5) is 0. The van der Waals surface area contributed by atoms with E-state index in [0.717, 1.165) is 0 Å². The van der Waals surface area contributed by atoms with Crippen LogP contribution in [0.15, 0.2) is 72.8 Å². The Hall–Kier alpha value is -3.96. The van der Waals surface area contributed by atoms with Gasteiger partial charge < -0.3 is 0 Å². The molecule has 12 heteroatoms. The topological polar surface area (TPSA) is 0 Å². The largest absolute Gasteiger partial charge is 0.416 e. The highest BCUT2D eigenvalue weighted by molar-refractivity contribution is 5.77. The molecule has 234 valence electrons. The number of hydrogen-bond donors (Lipinski definition) is 0. The molecule has 0 aromatic heterocycles. The minimum atomic E-state index is -5.06. The van der Waals surface area contributed by atoms with E-state index in [4.69, 9.17) is 0 Å². The molecule has 44 heavy (non-hydrogen) atoms. The molecule has 4 aromatic carbocycles. The summed E-state index contributed by atoms with van der Waals surface area (Å²) < 4.78 is 162. The van der Waals surface area contributed by atoms with E-state index in [0.29, 0.717) is 57.6 Å². The molecule has 0 aliphatic carbocycles. The molecule has 0 aliphatic rings. The lowest BCUT2D eigenvalue weighted by molar-refractivity contribution is -0.144. The number of alkyl halides is 12. The van der Waals surface area contributed by atoms with Crippen LogP contribution in [0, 0.1) is 13.8 Å². The Bertz CT molecular complexity index is 1480. The number of rotatable bonds is 5. The summed E-state index contributed by atoms with van der Waals surface area (Å²) in [5.74, 6) is 0. The van der Waals surface area contributed by atoms with Gasteiger partial charge in [-0.3, -0.25) is 0 Å². The first-order valence-electron chi connectivity index (χ1n) is 12.9. The van der Waals surface area contributed by atoms with Gasteiger partial charge >= 0.3 is 24.7 Å². The maximum Gasteiger partial charge on any atom is 0.416 e. The van der Waals surface area contributed by atoms with Crippen LogP contribution in [-0.4, -0.2) is 0 Å². The minimum Gasteiger partial charge on any atom is -0.166 e. The second-order valence-electron chi connectivity index (χ2n) is 10.4. The van der Waals surface area contributed by atoms with E-state index >= 15 is 0 Å². The Labute approximate surface area is 244 Å².